The minimum Gasteiger partial charge on any atom is -0.463 e. The lowest BCUT2D eigenvalue weighted by Crippen LogP contribution is -2.51. The molecule has 7 nitrogen and oxygen atoms in total. The van der Waals surface area contributed by atoms with Gasteiger partial charge in [-0.1, -0.05) is 48.5 Å². The van der Waals surface area contributed by atoms with E-state index < -0.39 is 29.1 Å². The van der Waals surface area contributed by atoms with E-state index in [9.17, 15) is 24.9 Å². The third-order valence-electron chi connectivity index (χ3n) is 5.03. The molecule has 0 unspecified atom stereocenters. The van der Waals surface area contributed by atoms with Gasteiger partial charge in [-0.3, -0.25) is 9.59 Å². The van der Waals surface area contributed by atoms with Crippen LogP contribution in [0.25, 0.3) is 5.57 Å². The Balaban J connectivity index is 2.14. The second kappa shape index (κ2) is 9.06. The predicted octanol–water partition coefficient (Wildman–Crippen LogP) is 2.81. The van der Waals surface area contributed by atoms with Crippen molar-refractivity contribution in [2.45, 2.75) is 19.4 Å². The fourth-order valence-electron chi connectivity index (χ4n) is 3.60. The molecule has 1 atom stereocenters. The number of ether oxygens (including phenoxy) is 1. The maximum atomic E-state index is 13.3. The normalized spacial score (nSPS) is 17.3. The van der Waals surface area contributed by atoms with Gasteiger partial charge in [0.25, 0.3) is 5.91 Å². The fraction of sp³-hybridized carbons (Fsp3) is 0.208. The van der Waals surface area contributed by atoms with Gasteiger partial charge in [0.15, 0.2) is 5.78 Å². The van der Waals surface area contributed by atoms with Crippen LogP contribution in [-0.4, -0.2) is 30.3 Å². The average molecular weight is 413 g/mol. The monoisotopic (exact) mass is 413 g/mol. The molecular weight excluding hydrogens is 394 g/mol. The van der Waals surface area contributed by atoms with Gasteiger partial charge in [-0.05, 0) is 24.6 Å². The largest absolute Gasteiger partial charge is 0.463 e. The van der Waals surface area contributed by atoms with Crippen LogP contribution in [0.5, 0.6) is 0 Å². The van der Waals surface area contributed by atoms with Crippen molar-refractivity contribution in [3.63, 3.8) is 0 Å². The second-order valence-electron chi connectivity index (χ2n) is 6.87. The molecule has 2 aromatic carbocycles. The molecule has 1 amide bonds. The predicted molar refractivity (Wildman–Crippen MR) is 111 cm³/mol. The number of amides is 1. The Hall–Kier alpha value is -4.23. The molecule has 0 radical (unpaired) electrons. The van der Waals surface area contributed by atoms with Crippen molar-refractivity contribution in [3.05, 3.63) is 77.4 Å². The Morgan fingerprint density at radius 3 is 2.19 bits per heavy atom. The summed E-state index contributed by atoms with van der Waals surface area (Å²) in [4.78, 5) is 38.8. The lowest BCUT2D eigenvalue weighted by Gasteiger charge is -2.33. The number of hydrogen-bond donors (Lipinski definition) is 1. The van der Waals surface area contributed by atoms with Gasteiger partial charge in [-0.25, -0.2) is 4.79 Å². The van der Waals surface area contributed by atoms with Gasteiger partial charge in [0.05, 0.1) is 24.8 Å². The number of benzene rings is 2. The highest BCUT2D eigenvalue weighted by molar-refractivity contribution is 6.15. The van der Waals surface area contributed by atoms with Crippen LogP contribution >= 0.6 is 0 Å². The lowest BCUT2D eigenvalue weighted by molar-refractivity contribution is -0.139. The lowest BCUT2D eigenvalue weighted by atomic mass is 9.66. The number of Topliss-reactive ketones (excluding diaryl/α,β-unsaturated/α-hetero) is 1. The SMILES string of the molecule is CCOC(=O)C1=C(c2ccccc2)C(C#N)(C#N)C(=O)[C@H](NC(=O)c2ccccc2)C1. The Morgan fingerprint density at radius 1 is 1.06 bits per heavy atom. The first-order valence-electron chi connectivity index (χ1n) is 9.67. The number of esters is 1. The molecule has 154 valence electrons. The van der Waals surface area contributed by atoms with Crippen LogP contribution in [0.2, 0.25) is 0 Å². The number of allylic oxidation sites excluding steroid dienone is 1. The van der Waals surface area contributed by atoms with Crippen molar-refractivity contribution in [3.8, 4) is 12.1 Å². The second-order valence-corrected chi connectivity index (χ2v) is 6.87. The first-order valence-corrected chi connectivity index (χ1v) is 9.67. The van der Waals surface area contributed by atoms with E-state index >= 15 is 0 Å². The topological polar surface area (TPSA) is 120 Å². The summed E-state index contributed by atoms with van der Waals surface area (Å²) in [5.41, 5.74) is -1.53. The van der Waals surface area contributed by atoms with Gasteiger partial charge in [0, 0.05) is 23.1 Å². The zero-order valence-corrected chi connectivity index (χ0v) is 16.8. The number of carbonyl (C=O) groups is 3. The third-order valence-corrected chi connectivity index (χ3v) is 5.03. The smallest absolute Gasteiger partial charge is 0.334 e. The fourth-order valence-corrected chi connectivity index (χ4v) is 3.60. The molecule has 3 rings (SSSR count). The van der Waals surface area contributed by atoms with E-state index in [1.807, 2.05) is 12.1 Å². The standard InChI is InChI=1S/C24H19N3O4/c1-2-31-23(30)18-13-19(27-22(29)17-11-7-4-8-12-17)21(28)24(14-25,15-26)20(18)16-9-5-3-6-10-16/h3-12,19H,2,13H2,1H3,(H,27,29)/t19-/m1/s1. The first kappa shape index (κ1) is 21.5. The molecule has 31 heavy (non-hydrogen) atoms. The number of carbonyl (C=O) groups excluding carboxylic acids is 3. The van der Waals surface area contributed by atoms with Crippen LogP contribution in [0.1, 0.15) is 29.3 Å². The number of nitrogens with one attached hydrogen (secondary N) is 1. The van der Waals surface area contributed by atoms with Crippen molar-refractivity contribution in [1.29, 1.82) is 10.5 Å². The van der Waals surface area contributed by atoms with Gasteiger partial charge >= 0.3 is 5.97 Å². The Morgan fingerprint density at radius 2 is 1.65 bits per heavy atom. The van der Waals surface area contributed by atoms with E-state index in [1.54, 1.807) is 67.6 Å². The average Bonchev–Trinajstić information content (AvgIpc) is 2.81. The molecule has 0 heterocycles. The third kappa shape index (κ3) is 3.94. The van der Waals surface area contributed by atoms with E-state index in [2.05, 4.69) is 5.32 Å². The molecule has 0 saturated heterocycles. The molecule has 0 saturated carbocycles. The molecule has 0 fully saturated rings. The molecule has 1 aliphatic carbocycles. The van der Waals surface area contributed by atoms with Crippen molar-refractivity contribution in [1.82, 2.24) is 5.32 Å². The summed E-state index contributed by atoms with van der Waals surface area (Å²) in [6.45, 7) is 1.70. The van der Waals surface area contributed by atoms with Crippen molar-refractivity contribution < 1.29 is 19.1 Å². The van der Waals surface area contributed by atoms with Crippen LogP contribution in [-0.2, 0) is 14.3 Å². The number of ketones is 1. The number of nitriles is 2. The van der Waals surface area contributed by atoms with E-state index in [0.717, 1.165) is 0 Å². The zero-order chi connectivity index (χ0) is 22.4. The maximum absolute atomic E-state index is 13.3. The molecule has 2 aromatic rings. The number of hydrogen-bond acceptors (Lipinski definition) is 6. The number of rotatable bonds is 5. The van der Waals surface area contributed by atoms with Gasteiger partial charge in [0.2, 0.25) is 5.41 Å². The van der Waals surface area contributed by atoms with Gasteiger partial charge in [-0.15, -0.1) is 0 Å². The highest BCUT2D eigenvalue weighted by Crippen LogP contribution is 2.44. The molecule has 1 aliphatic rings. The van der Waals surface area contributed by atoms with E-state index in [-0.39, 0.29) is 24.2 Å². The molecular formula is C24H19N3O4. The molecule has 0 aliphatic heterocycles. The molecule has 0 spiro atoms. The van der Waals surface area contributed by atoms with Crippen molar-refractivity contribution in [2.24, 2.45) is 5.41 Å². The van der Waals surface area contributed by atoms with E-state index in [0.29, 0.717) is 11.1 Å². The van der Waals surface area contributed by atoms with Crippen LogP contribution in [0.15, 0.2) is 66.2 Å². The summed E-state index contributed by atoms with van der Waals surface area (Å²) in [5.74, 6) is -2.06. The van der Waals surface area contributed by atoms with Crippen LogP contribution in [0.3, 0.4) is 0 Å². The molecule has 0 aromatic heterocycles. The minimum absolute atomic E-state index is 0.00626. The van der Waals surface area contributed by atoms with E-state index in [4.69, 9.17) is 4.74 Å². The summed E-state index contributed by atoms with van der Waals surface area (Å²) >= 11 is 0. The summed E-state index contributed by atoms with van der Waals surface area (Å²) in [6, 6.07) is 18.9. The summed E-state index contributed by atoms with van der Waals surface area (Å²) in [5, 5.41) is 22.5. The zero-order valence-electron chi connectivity index (χ0n) is 16.8. The highest BCUT2D eigenvalue weighted by atomic mass is 16.5. The van der Waals surface area contributed by atoms with E-state index in [1.165, 1.54) is 0 Å². The first-order chi connectivity index (χ1) is 15.0. The summed E-state index contributed by atoms with van der Waals surface area (Å²) in [6.07, 6.45) is -0.189. The van der Waals surface area contributed by atoms with Gasteiger partial charge in [-0.2, -0.15) is 10.5 Å². The Kier molecular flexibility index (Phi) is 6.28. The molecule has 7 heteroatoms. The molecule has 1 N–H and O–H groups in total. The Labute approximate surface area is 179 Å². The van der Waals surface area contributed by atoms with Crippen molar-refractivity contribution in [2.75, 3.05) is 6.61 Å². The number of nitrogens with zero attached hydrogens (tertiary/aromatic N) is 2. The Bertz CT molecular complexity index is 1110. The summed E-state index contributed by atoms with van der Waals surface area (Å²) < 4.78 is 5.15. The maximum Gasteiger partial charge on any atom is 0.334 e. The quantitative estimate of drug-likeness (QED) is 0.753. The minimum atomic E-state index is -2.27. The highest BCUT2D eigenvalue weighted by Gasteiger charge is 2.53. The van der Waals surface area contributed by atoms with Crippen LogP contribution in [0, 0.1) is 28.1 Å². The van der Waals surface area contributed by atoms with Crippen molar-refractivity contribution >= 4 is 23.2 Å². The van der Waals surface area contributed by atoms with Crippen LogP contribution in [0.4, 0.5) is 0 Å². The summed E-state index contributed by atoms with van der Waals surface area (Å²) in [7, 11) is 0. The van der Waals surface area contributed by atoms with Gasteiger partial charge in [0.1, 0.15) is 0 Å². The van der Waals surface area contributed by atoms with Crippen LogP contribution < -0.4 is 5.32 Å². The van der Waals surface area contributed by atoms with Gasteiger partial charge < -0.3 is 10.1 Å². The molecule has 0 bridgehead atoms.